The number of aromatic hydroxyl groups is 1. The first-order valence-corrected chi connectivity index (χ1v) is 8.67. The highest BCUT2D eigenvalue weighted by atomic mass is 16.3. The predicted molar refractivity (Wildman–Crippen MR) is 90.2 cm³/mol. The van der Waals surface area contributed by atoms with Crippen LogP contribution >= 0.6 is 0 Å². The molecule has 0 radical (unpaired) electrons. The van der Waals surface area contributed by atoms with Gasteiger partial charge in [0.25, 0.3) is 0 Å². The molecule has 4 heterocycles. The van der Waals surface area contributed by atoms with Crippen molar-refractivity contribution in [3.05, 3.63) is 36.0 Å². The van der Waals surface area contributed by atoms with Gasteiger partial charge in [-0.15, -0.1) is 0 Å². The number of aromatic nitrogens is 1. The molecule has 0 saturated carbocycles. The fourth-order valence-corrected chi connectivity index (χ4v) is 4.59. The van der Waals surface area contributed by atoms with Crippen molar-refractivity contribution < 1.29 is 10.2 Å². The van der Waals surface area contributed by atoms with E-state index in [9.17, 15) is 10.2 Å². The Hall–Kier alpha value is -1.65. The molecule has 4 heteroatoms. The number of phenolic OH excluding ortho intramolecular Hbond substituents is 1. The standard InChI is InChI=1S/C19H24N2O2/c1-2-12-11-21-8-6-13(12)9-18(21)19(23)15-5-7-20-17-4-3-14(22)10-16(15)17/h3-5,7,10,12-13,18-19,22-23H,2,6,8-9,11H2,1H3/t12?,13?,18-,19+/m0/s1. The maximum Gasteiger partial charge on any atom is 0.116 e. The van der Waals surface area contributed by atoms with Crippen LogP contribution in [0.15, 0.2) is 30.5 Å². The predicted octanol–water partition coefficient (Wildman–Crippen LogP) is 3.09. The van der Waals surface area contributed by atoms with Gasteiger partial charge in [0.05, 0.1) is 11.6 Å². The third-order valence-electron chi connectivity index (χ3n) is 5.90. The van der Waals surface area contributed by atoms with Crippen molar-refractivity contribution in [1.29, 1.82) is 0 Å². The SMILES string of the molecule is CCC1CN2CCC1C[C@H]2[C@H](O)c1ccnc2ccc(O)cc12. The molecule has 1 aromatic carbocycles. The third-order valence-corrected chi connectivity index (χ3v) is 5.90. The molecule has 5 rings (SSSR count). The summed E-state index contributed by atoms with van der Waals surface area (Å²) in [6.07, 6.45) is 4.80. The number of piperidine rings is 3. The Morgan fingerprint density at radius 1 is 1.35 bits per heavy atom. The summed E-state index contributed by atoms with van der Waals surface area (Å²) in [4.78, 5) is 6.81. The number of hydrogen-bond donors (Lipinski definition) is 2. The Morgan fingerprint density at radius 3 is 2.96 bits per heavy atom. The van der Waals surface area contributed by atoms with Gasteiger partial charge in [0.1, 0.15) is 5.75 Å². The molecule has 3 aliphatic heterocycles. The molecule has 0 amide bonds. The zero-order valence-corrected chi connectivity index (χ0v) is 13.5. The number of nitrogens with zero attached hydrogens (tertiary/aromatic N) is 2. The molecule has 3 fully saturated rings. The Morgan fingerprint density at radius 2 is 2.22 bits per heavy atom. The first-order valence-electron chi connectivity index (χ1n) is 8.67. The van der Waals surface area contributed by atoms with E-state index in [2.05, 4.69) is 16.8 Å². The lowest BCUT2D eigenvalue weighted by Gasteiger charge is -2.51. The minimum Gasteiger partial charge on any atom is -0.508 e. The van der Waals surface area contributed by atoms with Gasteiger partial charge in [-0.2, -0.15) is 0 Å². The van der Waals surface area contributed by atoms with E-state index in [0.717, 1.165) is 47.8 Å². The number of pyridine rings is 1. The Balaban J connectivity index is 1.68. The van der Waals surface area contributed by atoms with Gasteiger partial charge in [0, 0.05) is 24.2 Å². The van der Waals surface area contributed by atoms with Crippen LogP contribution in [0.1, 0.15) is 37.9 Å². The second kappa shape index (κ2) is 5.77. The van der Waals surface area contributed by atoms with Gasteiger partial charge in [0.15, 0.2) is 0 Å². The molecule has 5 atom stereocenters. The Kier molecular flexibility index (Phi) is 3.74. The van der Waals surface area contributed by atoms with Gasteiger partial charge in [-0.3, -0.25) is 9.88 Å². The van der Waals surface area contributed by atoms with E-state index in [1.807, 2.05) is 6.07 Å². The summed E-state index contributed by atoms with van der Waals surface area (Å²) in [6.45, 7) is 4.48. The number of hydrogen-bond acceptors (Lipinski definition) is 4. The van der Waals surface area contributed by atoms with Gasteiger partial charge in [0.2, 0.25) is 0 Å². The van der Waals surface area contributed by atoms with Crippen LogP contribution in [0.3, 0.4) is 0 Å². The average molecular weight is 312 g/mol. The number of aliphatic hydroxyl groups excluding tert-OH is 1. The van der Waals surface area contributed by atoms with Crippen molar-refractivity contribution in [3.63, 3.8) is 0 Å². The summed E-state index contributed by atoms with van der Waals surface area (Å²) in [5.74, 6) is 1.74. The normalized spacial score (nSPS) is 31.4. The first-order chi connectivity index (χ1) is 11.2. The highest BCUT2D eigenvalue weighted by molar-refractivity contribution is 5.83. The monoisotopic (exact) mass is 312 g/mol. The van der Waals surface area contributed by atoms with Crippen molar-refractivity contribution in [3.8, 4) is 5.75 Å². The van der Waals surface area contributed by atoms with Crippen LogP contribution in [0.2, 0.25) is 0 Å². The zero-order chi connectivity index (χ0) is 16.0. The molecule has 0 aliphatic carbocycles. The molecule has 1 aromatic heterocycles. The van der Waals surface area contributed by atoms with E-state index in [0.29, 0.717) is 0 Å². The lowest BCUT2D eigenvalue weighted by molar-refractivity contribution is -0.0562. The number of aliphatic hydroxyl groups is 1. The minimum absolute atomic E-state index is 0.185. The number of phenols is 1. The molecule has 3 saturated heterocycles. The van der Waals surface area contributed by atoms with Crippen LogP contribution in [0.4, 0.5) is 0 Å². The van der Waals surface area contributed by atoms with E-state index in [4.69, 9.17) is 0 Å². The van der Waals surface area contributed by atoms with Crippen molar-refractivity contribution in [2.75, 3.05) is 13.1 Å². The third kappa shape index (κ3) is 2.50. The molecule has 2 aromatic rings. The van der Waals surface area contributed by atoms with Gasteiger partial charge in [-0.25, -0.2) is 0 Å². The van der Waals surface area contributed by atoms with Crippen molar-refractivity contribution >= 4 is 10.9 Å². The van der Waals surface area contributed by atoms with E-state index < -0.39 is 6.10 Å². The summed E-state index contributed by atoms with van der Waals surface area (Å²) in [6, 6.07) is 7.24. The second-order valence-electron chi connectivity index (χ2n) is 7.06. The topological polar surface area (TPSA) is 56.6 Å². The summed E-state index contributed by atoms with van der Waals surface area (Å²) in [5, 5.41) is 21.7. The van der Waals surface area contributed by atoms with Crippen molar-refractivity contribution in [2.24, 2.45) is 11.8 Å². The van der Waals surface area contributed by atoms with E-state index in [1.54, 1.807) is 24.4 Å². The van der Waals surface area contributed by atoms with Crippen LogP contribution in [0.5, 0.6) is 5.75 Å². The molecular formula is C19H24N2O2. The van der Waals surface area contributed by atoms with E-state index >= 15 is 0 Å². The van der Waals surface area contributed by atoms with Crippen molar-refractivity contribution in [2.45, 2.75) is 38.3 Å². The number of fused-ring (bicyclic) bond motifs is 4. The molecular weight excluding hydrogens is 288 g/mol. The van der Waals surface area contributed by atoms with Crippen LogP contribution in [-0.2, 0) is 0 Å². The molecule has 0 spiro atoms. The van der Waals surface area contributed by atoms with E-state index in [1.165, 1.54) is 12.8 Å². The van der Waals surface area contributed by atoms with Gasteiger partial charge in [-0.1, -0.05) is 13.3 Å². The summed E-state index contributed by atoms with van der Waals surface area (Å²) in [7, 11) is 0. The van der Waals surface area contributed by atoms with E-state index in [-0.39, 0.29) is 11.8 Å². The first kappa shape index (κ1) is 14.9. The fourth-order valence-electron chi connectivity index (χ4n) is 4.59. The minimum atomic E-state index is -0.525. The average Bonchev–Trinajstić information content (AvgIpc) is 2.60. The molecule has 23 heavy (non-hydrogen) atoms. The highest BCUT2D eigenvalue weighted by Gasteiger charge is 2.42. The lowest BCUT2D eigenvalue weighted by atomic mass is 9.72. The van der Waals surface area contributed by atoms with Gasteiger partial charge < -0.3 is 10.2 Å². The number of benzene rings is 1. The second-order valence-corrected chi connectivity index (χ2v) is 7.06. The van der Waals surface area contributed by atoms with Crippen LogP contribution < -0.4 is 0 Å². The zero-order valence-electron chi connectivity index (χ0n) is 13.5. The fraction of sp³-hybridized carbons (Fsp3) is 0.526. The maximum absolute atomic E-state index is 11.1. The maximum atomic E-state index is 11.1. The van der Waals surface area contributed by atoms with Crippen molar-refractivity contribution in [1.82, 2.24) is 9.88 Å². The quantitative estimate of drug-likeness (QED) is 0.914. The summed E-state index contributed by atoms with van der Waals surface area (Å²) in [5.41, 5.74) is 1.71. The summed E-state index contributed by atoms with van der Waals surface area (Å²) >= 11 is 0. The molecule has 3 aliphatic rings. The molecule has 4 nitrogen and oxygen atoms in total. The lowest BCUT2D eigenvalue weighted by Crippen LogP contribution is -2.55. The molecule has 122 valence electrons. The number of rotatable bonds is 3. The Bertz CT molecular complexity index is 718. The summed E-state index contributed by atoms with van der Waals surface area (Å²) < 4.78 is 0. The highest BCUT2D eigenvalue weighted by Crippen LogP contribution is 2.42. The van der Waals surface area contributed by atoms with Crippen LogP contribution in [-0.4, -0.2) is 39.2 Å². The van der Waals surface area contributed by atoms with Gasteiger partial charge in [-0.05, 0) is 61.1 Å². The smallest absolute Gasteiger partial charge is 0.116 e. The Labute approximate surface area is 136 Å². The van der Waals surface area contributed by atoms with Crippen LogP contribution in [0.25, 0.3) is 10.9 Å². The molecule has 2 bridgehead atoms. The largest absolute Gasteiger partial charge is 0.508 e. The molecule has 3 unspecified atom stereocenters. The van der Waals surface area contributed by atoms with Crippen LogP contribution in [0, 0.1) is 11.8 Å². The molecule has 2 N–H and O–H groups in total. The van der Waals surface area contributed by atoms with Gasteiger partial charge >= 0.3 is 0 Å².